The Morgan fingerprint density at radius 1 is 1.15 bits per heavy atom. The normalized spacial score (nSPS) is 12.2. The van der Waals surface area contributed by atoms with Gasteiger partial charge in [0, 0.05) is 17.1 Å². The van der Waals surface area contributed by atoms with Gasteiger partial charge in [0.05, 0.1) is 13.4 Å². The minimum atomic E-state index is -3.63. The number of carbonyl (C=O) groups excluding carboxylic acids is 1. The molecule has 0 aromatic heterocycles. The molecule has 0 saturated heterocycles. The van der Waals surface area contributed by atoms with Gasteiger partial charge in [-0.1, -0.05) is 43.4 Å². The van der Waals surface area contributed by atoms with Crippen molar-refractivity contribution < 1.29 is 22.7 Å². The predicted molar refractivity (Wildman–Crippen MR) is 130 cm³/mol. The molecule has 1 atom stereocenters. The van der Waals surface area contributed by atoms with Crippen molar-refractivity contribution in [2.24, 2.45) is 11.7 Å². The Kier molecular flexibility index (Phi) is 9.59. The van der Waals surface area contributed by atoms with E-state index in [1.54, 1.807) is 38.1 Å². The van der Waals surface area contributed by atoms with Gasteiger partial charge in [0.2, 0.25) is 15.9 Å². The van der Waals surface area contributed by atoms with Crippen LogP contribution in [0.4, 0.5) is 0 Å². The van der Waals surface area contributed by atoms with E-state index in [0.29, 0.717) is 22.9 Å². The van der Waals surface area contributed by atoms with Gasteiger partial charge in [-0.3, -0.25) is 4.79 Å². The number of nitrogens with two attached hydrogens (primary N) is 1. The second kappa shape index (κ2) is 11.9. The van der Waals surface area contributed by atoms with Crippen LogP contribution in [0.1, 0.15) is 25.0 Å². The second-order valence-electron chi connectivity index (χ2n) is 7.80. The third-order valence-electron chi connectivity index (χ3n) is 4.88. The van der Waals surface area contributed by atoms with E-state index in [-0.39, 0.29) is 19.1 Å². The first-order chi connectivity index (χ1) is 15.5. The summed E-state index contributed by atoms with van der Waals surface area (Å²) in [5.41, 5.74) is 7.13. The van der Waals surface area contributed by atoms with E-state index in [2.05, 4.69) is 11.8 Å². The second-order valence-corrected chi connectivity index (χ2v) is 10.2. The van der Waals surface area contributed by atoms with Crippen LogP contribution in [0.3, 0.4) is 0 Å². The number of hydrogen-bond donors (Lipinski definition) is 1. The van der Waals surface area contributed by atoms with Crippen LogP contribution in [0.15, 0.2) is 42.5 Å². The Hall–Kier alpha value is -2.73. The van der Waals surface area contributed by atoms with Crippen LogP contribution >= 0.6 is 11.6 Å². The predicted octanol–water partition coefficient (Wildman–Crippen LogP) is 3.09. The van der Waals surface area contributed by atoms with Crippen LogP contribution in [-0.4, -0.2) is 51.2 Å². The van der Waals surface area contributed by atoms with Gasteiger partial charge in [-0.2, -0.15) is 4.31 Å². The topological polar surface area (TPSA) is 98.9 Å². The molecule has 0 saturated carbocycles. The average Bonchev–Trinajstić information content (AvgIpc) is 2.74. The van der Waals surface area contributed by atoms with Crippen molar-refractivity contribution in [1.29, 1.82) is 0 Å². The molecule has 0 bridgehead atoms. The van der Waals surface area contributed by atoms with Crippen LogP contribution in [0.2, 0.25) is 5.02 Å². The summed E-state index contributed by atoms with van der Waals surface area (Å²) in [5, 5.41) is 0.649. The number of rotatable bonds is 10. The molecule has 9 heteroatoms. The Morgan fingerprint density at radius 2 is 1.82 bits per heavy atom. The number of nitrogens with zero attached hydrogens (tertiary/aromatic N) is 1. The maximum Gasteiger partial charge on any atom is 0.236 e. The van der Waals surface area contributed by atoms with Gasteiger partial charge in [-0.05, 0) is 54.3 Å². The van der Waals surface area contributed by atoms with E-state index in [0.717, 1.165) is 21.7 Å². The number of carbonyl (C=O) groups is 1. The van der Waals surface area contributed by atoms with Crippen molar-refractivity contribution in [2.75, 3.05) is 26.5 Å². The number of hydrogen-bond acceptors (Lipinski definition) is 5. The molecule has 0 aliphatic rings. The summed E-state index contributed by atoms with van der Waals surface area (Å²) in [7, 11) is -2.11. The molecular formula is C24H29ClN2O5S. The first kappa shape index (κ1) is 26.5. The maximum absolute atomic E-state index is 12.3. The number of methoxy groups -OCH3 is 1. The molecule has 7 nitrogen and oxygen atoms in total. The van der Waals surface area contributed by atoms with Gasteiger partial charge in [0.1, 0.15) is 12.6 Å². The Labute approximate surface area is 200 Å². The lowest BCUT2D eigenvalue weighted by atomic mass is 10.0. The molecule has 1 unspecified atom stereocenters. The zero-order valence-electron chi connectivity index (χ0n) is 19.2. The quantitative estimate of drug-likeness (QED) is 0.514. The van der Waals surface area contributed by atoms with Crippen LogP contribution in [0, 0.1) is 17.8 Å². The molecule has 0 heterocycles. The maximum atomic E-state index is 12.3. The van der Waals surface area contributed by atoms with Gasteiger partial charge in [-0.25, -0.2) is 8.42 Å². The van der Waals surface area contributed by atoms with E-state index in [9.17, 15) is 13.2 Å². The largest absolute Gasteiger partial charge is 0.493 e. The Bertz CT molecular complexity index is 1120. The van der Waals surface area contributed by atoms with Gasteiger partial charge >= 0.3 is 0 Å². The summed E-state index contributed by atoms with van der Waals surface area (Å²) in [5.74, 6) is 6.03. The Balaban J connectivity index is 2.09. The van der Waals surface area contributed by atoms with Crippen molar-refractivity contribution in [1.82, 2.24) is 4.31 Å². The highest BCUT2D eigenvalue weighted by molar-refractivity contribution is 7.88. The molecule has 0 fully saturated rings. The van der Waals surface area contributed by atoms with Gasteiger partial charge in [-0.15, -0.1) is 0 Å². The van der Waals surface area contributed by atoms with Crippen molar-refractivity contribution >= 4 is 27.5 Å². The molecule has 0 radical (unpaired) electrons. The van der Waals surface area contributed by atoms with Crippen molar-refractivity contribution in [3.63, 3.8) is 0 Å². The number of primary amides is 1. The monoisotopic (exact) mass is 492 g/mol. The van der Waals surface area contributed by atoms with Crippen LogP contribution in [-0.2, 0) is 21.2 Å². The van der Waals surface area contributed by atoms with Crippen molar-refractivity contribution in [2.45, 2.75) is 26.3 Å². The fourth-order valence-electron chi connectivity index (χ4n) is 3.33. The van der Waals surface area contributed by atoms with Crippen LogP contribution in [0.5, 0.6) is 11.5 Å². The fourth-order valence-corrected chi connectivity index (χ4v) is 4.63. The van der Waals surface area contributed by atoms with E-state index >= 15 is 0 Å². The van der Waals surface area contributed by atoms with Gasteiger partial charge < -0.3 is 15.2 Å². The van der Waals surface area contributed by atoms with Gasteiger partial charge in [0.15, 0.2) is 11.5 Å². The highest BCUT2D eigenvalue weighted by Gasteiger charge is 2.33. The lowest BCUT2D eigenvalue weighted by Gasteiger charge is -2.30. The summed E-state index contributed by atoms with van der Waals surface area (Å²) in [6, 6.07) is 11.6. The Morgan fingerprint density at radius 3 is 2.36 bits per heavy atom. The molecule has 2 aromatic rings. The van der Waals surface area contributed by atoms with Crippen LogP contribution in [0.25, 0.3) is 0 Å². The number of ether oxygens (including phenoxy) is 2. The first-order valence-corrected chi connectivity index (χ1v) is 12.6. The molecule has 2 rings (SSSR count). The van der Waals surface area contributed by atoms with E-state index < -0.39 is 22.0 Å². The molecule has 2 aromatic carbocycles. The lowest BCUT2D eigenvalue weighted by Crippen LogP contribution is -2.51. The molecular weight excluding hydrogens is 464 g/mol. The van der Waals surface area contributed by atoms with Crippen molar-refractivity contribution in [3.05, 3.63) is 58.6 Å². The van der Waals surface area contributed by atoms with Crippen LogP contribution < -0.4 is 15.2 Å². The van der Waals surface area contributed by atoms with E-state index in [1.807, 2.05) is 18.2 Å². The highest BCUT2D eigenvalue weighted by atomic mass is 35.5. The summed E-state index contributed by atoms with van der Waals surface area (Å²) >= 11 is 5.86. The molecule has 33 heavy (non-hydrogen) atoms. The lowest BCUT2D eigenvalue weighted by molar-refractivity contribution is -0.122. The zero-order valence-corrected chi connectivity index (χ0v) is 20.7. The standard InChI is InChI=1S/C24H29ClN2O5S/c1-17(2)23(24(26)28)27(33(4,29)30)14-13-19-9-12-21(22(16-19)31-3)32-15-5-6-18-7-10-20(25)11-8-18/h7-12,16-17,23H,13-15H2,1-4H3,(H2,26,28). The minimum absolute atomic E-state index is 0.112. The summed E-state index contributed by atoms with van der Waals surface area (Å²) in [6.07, 6.45) is 1.45. The highest BCUT2D eigenvalue weighted by Crippen LogP contribution is 2.28. The third kappa shape index (κ3) is 7.97. The summed E-state index contributed by atoms with van der Waals surface area (Å²) < 4.78 is 36.9. The van der Waals surface area contributed by atoms with E-state index in [1.165, 1.54) is 7.11 Å². The zero-order chi connectivity index (χ0) is 24.6. The summed E-state index contributed by atoms with van der Waals surface area (Å²) in [6.45, 7) is 3.80. The number of amides is 1. The fraction of sp³-hybridized carbons (Fsp3) is 0.375. The van der Waals surface area contributed by atoms with Gasteiger partial charge in [0.25, 0.3) is 0 Å². The molecule has 0 aliphatic heterocycles. The van der Waals surface area contributed by atoms with E-state index in [4.69, 9.17) is 26.8 Å². The molecule has 0 aliphatic carbocycles. The molecule has 0 spiro atoms. The molecule has 178 valence electrons. The average molecular weight is 493 g/mol. The molecule has 2 N–H and O–H groups in total. The number of halogens is 1. The number of sulfonamides is 1. The SMILES string of the molecule is COc1cc(CCN(C(C(N)=O)C(C)C)S(C)(=O)=O)ccc1OCC#Cc1ccc(Cl)cc1. The molecule has 1 amide bonds. The third-order valence-corrected chi connectivity index (χ3v) is 6.40. The first-order valence-electron chi connectivity index (χ1n) is 10.3. The summed E-state index contributed by atoms with van der Waals surface area (Å²) in [4.78, 5) is 11.9. The minimum Gasteiger partial charge on any atom is -0.493 e. The smallest absolute Gasteiger partial charge is 0.236 e. The van der Waals surface area contributed by atoms with Crippen molar-refractivity contribution in [3.8, 4) is 23.3 Å². The number of benzene rings is 2.